The van der Waals surface area contributed by atoms with Crippen molar-refractivity contribution in [2.75, 3.05) is 10.6 Å². The number of rotatable bonds is 5. The topological polar surface area (TPSA) is 86.9 Å². The number of imidazole rings is 1. The number of carbonyl (C=O) groups excluding carboxylic acids is 2. The highest BCUT2D eigenvalue weighted by Crippen LogP contribution is 2.18. The third-order valence-electron chi connectivity index (χ3n) is 3.78. The van der Waals surface area contributed by atoms with Crippen molar-refractivity contribution in [1.82, 2.24) is 9.97 Å². The molecule has 3 N–H and O–H groups in total. The van der Waals surface area contributed by atoms with Gasteiger partial charge in [-0.3, -0.25) is 9.59 Å². The van der Waals surface area contributed by atoms with Gasteiger partial charge in [0.1, 0.15) is 5.82 Å². The zero-order valence-corrected chi connectivity index (χ0v) is 14.2. The van der Waals surface area contributed by atoms with Gasteiger partial charge < -0.3 is 15.6 Å². The third-order valence-corrected chi connectivity index (χ3v) is 3.78. The van der Waals surface area contributed by atoms with Crippen molar-refractivity contribution in [3.63, 3.8) is 0 Å². The van der Waals surface area contributed by atoms with Crippen LogP contribution >= 0.6 is 0 Å². The lowest BCUT2D eigenvalue weighted by atomic mass is 10.1. The fourth-order valence-electron chi connectivity index (χ4n) is 2.68. The maximum atomic E-state index is 11.1. The lowest BCUT2D eigenvalue weighted by Crippen LogP contribution is -2.05. The van der Waals surface area contributed by atoms with Crippen LogP contribution in [0.25, 0.3) is 11.0 Å². The molecule has 0 aliphatic heterocycles. The van der Waals surface area contributed by atoms with E-state index in [1.54, 1.807) is 0 Å². The number of nitrogens with zero attached hydrogens (tertiary/aromatic N) is 1. The van der Waals surface area contributed by atoms with Gasteiger partial charge in [0.2, 0.25) is 11.8 Å². The number of aromatic nitrogens is 2. The number of aromatic amines is 1. The van der Waals surface area contributed by atoms with Gasteiger partial charge >= 0.3 is 0 Å². The molecule has 0 spiro atoms. The Hall–Kier alpha value is -3.15. The zero-order chi connectivity index (χ0) is 17.8. The fourth-order valence-corrected chi connectivity index (χ4v) is 2.68. The van der Waals surface area contributed by atoms with Crippen LogP contribution in [0.1, 0.15) is 25.2 Å². The minimum absolute atomic E-state index is 0.0753. The maximum Gasteiger partial charge on any atom is 0.221 e. The molecule has 0 aliphatic carbocycles. The highest BCUT2D eigenvalue weighted by molar-refractivity contribution is 5.91. The molecule has 6 nitrogen and oxygen atoms in total. The number of benzene rings is 2. The summed E-state index contributed by atoms with van der Waals surface area (Å²) in [6.45, 7) is 2.98. The van der Waals surface area contributed by atoms with E-state index in [2.05, 4.69) is 20.6 Å². The maximum absolute atomic E-state index is 11.1. The van der Waals surface area contributed by atoms with Gasteiger partial charge in [-0.2, -0.15) is 0 Å². The van der Waals surface area contributed by atoms with Gasteiger partial charge in [0.05, 0.1) is 11.0 Å². The lowest BCUT2D eigenvalue weighted by molar-refractivity contribution is -0.115. The van der Waals surface area contributed by atoms with Crippen LogP contribution in [-0.4, -0.2) is 21.8 Å². The van der Waals surface area contributed by atoms with Crippen LogP contribution in [0.3, 0.4) is 0 Å². The molecule has 0 bridgehead atoms. The first-order valence-corrected chi connectivity index (χ1v) is 8.12. The van der Waals surface area contributed by atoms with Gasteiger partial charge in [-0.1, -0.05) is 12.1 Å². The van der Waals surface area contributed by atoms with Crippen LogP contribution in [0.2, 0.25) is 0 Å². The molecular weight excluding hydrogens is 316 g/mol. The van der Waals surface area contributed by atoms with Crippen LogP contribution in [0.5, 0.6) is 0 Å². The van der Waals surface area contributed by atoms with Crippen LogP contribution in [0.4, 0.5) is 11.4 Å². The zero-order valence-electron chi connectivity index (χ0n) is 14.2. The summed E-state index contributed by atoms with van der Waals surface area (Å²) in [7, 11) is 0. The third kappa shape index (κ3) is 4.44. The minimum atomic E-state index is -0.0956. The van der Waals surface area contributed by atoms with Gasteiger partial charge in [-0.05, 0) is 42.3 Å². The van der Waals surface area contributed by atoms with E-state index in [9.17, 15) is 9.59 Å². The number of fused-ring (bicyclic) bond motifs is 1. The number of H-pyrrole nitrogens is 1. The van der Waals surface area contributed by atoms with E-state index >= 15 is 0 Å². The van der Waals surface area contributed by atoms with Crippen molar-refractivity contribution in [3.8, 4) is 0 Å². The molecule has 25 heavy (non-hydrogen) atoms. The second-order valence-electron chi connectivity index (χ2n) is 5.97. The molecule has 0 aliphatic rings. The van der Waals surface area contributed by atoms with Crippen molar-refractivity contribution in [1.29, 1.82) is 0 Å². The number of carbonyl (C=O) groups is 2. The van der Waals surface area contributed by atoms with Crippen LogP contribution in [0.15, 0.2) is 42.5 Å². The summed E-state index contributed by atoms with van der Waals surface area (Å²) < 4.78 is 0. The summed E-state index contributed by atoms with van der Waals surface area (Å²) in [4.78, 5) is 30.0. The van der Waals surface area contributed by atoms with Gasteiger partial charge in [-0.15, -0.1) is 0 Å². The Morgan fingerprint density at radius 3 is 2.24 bits per heavy atom. The summed E-state index contributed by atoms with van der Waals surface area (Å²) in [5, 5.41) is 5.52. The monoisotopic (exact) mass is 336 g/mol. The molecule has 0 unspecified atom stereocenters. The highest BCUT2D eigenvalue weighted by Gasteiger charge is 2.05. The Bertz CT molecular complexity index is 913. The van der Waals surface area contributed by atoms with E-state index in [-0.39, 0.29) is 11.8 Å². The average Bonchev–Trinajstić information content (AvgIpc) is 2.95. The SMILES string of the molecule is CC(=O)Nc1ccc(CCc2nc3ccc(NC(C)=O)cc3[nH]2)cc1. The first-order chi connectivity index (χ1) is 12.0. The Morgan fingerprint density at radius 2 is 1.56 bits per heavy atom. The number of aryl methyl sites for hydroxylation is 2. The van der Waals surface area contributed by atoms with E-state index in [0.29, 0.717) is 0 Å². The number of nitrogens with one attached hydrogen (secondary N) is 3. The van der Waals surface area contributed by atoms with Crippen molar-refractivity contribution in [2.24, 2.45) is 0 Å². The molecular formula is C19H20N4O2. The summed E-state index contributed by atoms with van der Waals surface area (Å²) in [5.41, 5.74) is 4.51. The molecule has 0 atom stereocenters. The number of hydrogen-bond donors (Lipinski definition) is 3. The van der Waals surface area contributed by atoms with Gasteiger partial charge in [0, 0.05) is 31.6 Å². The summed E-state index contributed by atoms with van der Waals surface area (Å²) >= 11 is 0. The molecule has 6 heteroatoms. The summed E-state index contributed by atoms with van der Waals surface area (Å²) in [6.07, 6.45) is 1.63. The molecule has 0 fully saturated rings. The predicted molar refractivity (Wildman–Crippen MR) is 98.6 cm³/mol. The van der Waals surface area contributed by atoms with Crippen molar-refractivity contribution in [3.05, 3.63) is 53.9 Å². The Kier molecular flexibility index (Phi) is 4.79. The Balaban J connectivity index is 1.66. The molecule has 0 saturated heterocycles. The fraction of sp³-hybridized carbons (Fsp3) is 0.211. The van der Waals surface area contributed by atoms with Crippen LogP contribution in [0, 0.1) is 0 Å². The first-order valence-electron chi connectivity index (χ1n) is 8.12. The first kappa shape index (κ1) is 16.7. The molecule has 2 amide bonds. The molecule has 0 saturated carbocycles. The normalized spacial score (nSPS) is 10.6. The molecule has 0 radical (unpaired) electrons. The molecule has 2 aromatic carbocycles. The highest BCUT2D eigenvalue weighted by atomic mass is 16.2. The van der Waals surface area contributed by atoms with Gasteiger partial charge in [0.25, 0.3) is 0 Å². The largest absolute Gasteiger partial charge is 0.342 e. The van der Waals surface area contributed by atoms with E-state index in [4.69, 9.17) is 0 Å². The standard InChI is InChI=1S/C19H20N4O2/c1-12(24)20-15-6-3-14(4-7-15)5-10-19-22-17-9-8-16(21-13(2)25)11-18(17)23-19/h3-4,6-9,11H,5,10H2,1-2H3,(H,20,24)(H,21,25)(H,22,23). The quantitative estimate of drug-likeness (QED) is 0.668. The molecule has 1 heterocycles. The van der Waals surface area contributed by atoms with E-state index in [0.717, 1.165) is 41.1 Å². The average molecular weight is 336 g/mol. The van der Waals surface area contributed by atoms with E-state index in [1.165, 1.54) is 19.4 Å². The van der Waals surface area contributed by atoms with Crippen molar-refractivity contribution in [2.45, 2.75) is 26.7 Å². The van der Waals surface area contributed by atoms with Crippen LogP contribution in [-0.2, 0) is 22.4 Å². The second-order valence-corrected chi connectivity index (χ2v) is 5.97. The molecule has 1 aromatic heterocycles. The summed E-state index contributed by atoms with van der Waals surface area (Å²) in [5.74, 6) is 0.733. The number of hydrogen-bond acceptors (Lipinski definition) is 3. The van der Waals surface area contributed by atoms with Crippen LogP contribution < -0.4 is 10.6 Å². The molecule has 3 aromatic rings. The number of anilines is 2. The summed E-state index contributed by atoms with van der Waals surface area (Å²) in [6, 6.07) is 13.4. The van der Waals surface area contributed by atoms with Crippen molar-refractivity contribution < 1.29 is 9.59 Å². The Labute approximate surface area is 145 Å². The predicted octanol–water partition coefficient (Wildman–Crippen LogP) is 3.26. The number of amides is 2. The smallest absolute Gasteiger partial charge is 0.221 e. The van der Waals surface area contributed by atoms with Gasteiger partial charge in [0.15, 0.2) is 0 Å². The van der Waals surface area contributed by atoms with Gasteiger partial charge in [-0.25, -0.2) is 4.98 Å². The lowest BCUT2D eigenvalue weighted by Gasteiger charge is -2.04. The molecule has 3 rings (SSSR count). The molecule has 128 valence electrons. The van der Waals surface area contributed by atoms with E-state index < -0.39 is 0 Å². The second kappa shape index (κ2) is 7.17. The van der Waals surface area contributed by atoms with Crippen molar-refractivity contribution >= 4 is 34.2 Å². The minimum Gasteiger partial charge on any atom is -0.342 e. The van der Waals surface area contributed by atoms with E-state index in [1.807, 2.05) is 42.5 Å². The Morgan fingerprint density at radius 1 is 0.920 bits per heavy atom.